The van der Waals surface area contributed by atoms with Crippen molar-refractivity contribution in [3.63, 3.8) is 0 Å². The Bertz CT molecular complexity index is 548. The van der Waals surface area contributed by atoms with Crippen LogP contribution >= 0.6 is 0 Å². The van der Waals surface area contributed by atoms with Gasteiger partial charge in [0.05, 0.1) is 5.41 Å². The molecule has 3 aliphatic rings. The lowest BCUT2D eigenvalue weighted by Crippen LogP contribution is -2.59. The number of fused-ring (bicyclic) bond motifs is 1. The second-order valence-corrected chi connectivity index (χ2v) is 8.48. The molecular weight excluding hydrogens is 312 g/mol. The van der Waals surface area contributed by atoms with Crippen LogP contribution in [0.5, 0.6) is 0 Å². The van der Waals surface area contributed by atoms with E-state index < -0.39 is 35.3 Å². The van der Waals surface area contributed by atoms with Gasteiger partial charge in [-0.2, -0.15) is 0 Å². The van der Waals surface area contributed by atoms with Gasteiger partial charge in [-0.25, -0.2) is 0 Å². The number of carbonyl (C=O) groups is 1. The first-order valence-corrected chi connectivity index (χ1v) is 8.56. The predicted octanol–water partition coefficient (Wildman–Crippen LogP) is 2.15. The molecule has 24 heavy (non-hydrogen) atoms. The smallest absolute Gasteiger partial charge is 0.311 e. The molecule has 2 aliphatic heterocycles. The third-order valence-electron chi connectivity index (χ3n) is 5.11. The molecule has 1 unspecified atom stereocenters. The topological polar surface area (TPSA) is 74.2 Å². The second-order valence-electron chi connectivity index (χ2n) is 8.48. The van der Waals surface area contributed by atoms with Crippen molar-refractivity contribution in [2.45, 2.75) is 84.0 Å². The Morgan fingerprint density at radius 3 is 2.50 bits per heavy atom. The molecule has 6 nitrogen and oxygen atoms in total. The minimum absolute atomic E-state index is 0.193. The average molecular weight is 340 g/mol. The first-order valence-electron chi connectivity index (χ1n) is 8.56. The third-order valence-corrected chi connectivity index (χ3v) is 5.11. The molecule has 2 fully saturated rings. The van der Waals surface area contributed by atoms with E-state index in [1.54, 1.807) is 26.8 Å². The number of rotatable bonds is 1. The second kappa shape index (κ2) is 5.53. The summed E-state index contributed by atoms with van der Waals surface area (Å²) in [5, 5.41) is 10.7. The molecule has 1 spiro atoms. The molecular formula is C18H28O6. The summed E-state index contributed by atoms with van der Waals surface area (Å²) in [6.07, 6.45) is 1.66. The summed E-state index contributed by atoms with van der Waals surface area (Å²) in [5.41, 5.74) is -1.68. The van der Waals surface area contributed by atoms with Crippen molar-refractivity contribution >= 4 is 5.97 Å². The maximum atomic E-state index is 12.4. The van der Waals surface area contributed by atoms with Gasteiger partial charge in [-0.3, -0.25) is 4.79 Å². The number of aliphatic hydroxyl groups excluding tert-OH is 1. The molecule has 2 heterocycles. The molecule has 1 N–H and O–H groups in total. The maximum absolute atomic E-state index is 12.4. The Kier molecular flexibility index (Phi) is 4.11. The summed E-state index contributed by atoms with van der Waals surface area (Å²) < 4.78 is 23.7. The monoisotopic (exact) mass is 340 g/mol. The maximum Gasteiger partial charge on any atom is 0.311 e. The van der Waals surface area contributed by atoms with E-state index in [0.717, 1.165) is 0 Å². The van der Waals surface area contributed by atoms with E-state index in [1.165, 1.54) is 0 Å². The molecule has 0 aromatic heterocycles. The van der Waals surface area contributed by atoms with Crippen molar-refractivity contribution in [3.05, 3.63) is 12.2 Å². The molecule has 0 aromatic rings. The van der Waals surface area contributed by atoms with Gasteiger partial charge in [0.15, 0.2) is 12.1 Å². The Hall–Kier alpha value is -0.950. The van der Waals surface area contributed by atoms with Crippen molar-refractivity contribution in [1.29, 1.82) is 0 Å². The van der Waals surface area contributed by atoms with E-state index in [4.69, 9.17) is 18.9 Å². The Balaban J connectivity index is 1.89. The Morgan fingerprint density at radius 1 is 1.25 bits per heavy atom. The van der Waals surface area contributed by atoms with E-state index in [0.29, 0.717) is 6.42 Å². The van der Waals surface area contributed by atoms with Crippen LogP contribution in [-0.4, -0.2) is 47.1 Å². The number of hydrogen-bond acceptors (Lipinski definition) is 6. The highest BCUT2D eigenvalue weighted by Gasteiger charge is 2.66. The van der Waals surface area contributed by atoms with Gasteiger partial charge in [0.2, 0.25) is 0 Å². The zero-order valence-corrected chi connectivity index (χ0v) is 15.2. The van der Waals surface area contributed by atoms with Crippen LogP contribution < -0.4 is 0 Å². The fraction of sp³-hybridized carbons (Fsp3) is 0.833. The summed E-state index contributed by atoms with van der Waals surface area (Å²) in [4.78, 5) is 12.4. The van der Waals surface area contributed by atoms with E-state index in [9.17, 15) is 9.90 Å². The molecule has 0 bridgehead atoms. The van der Waals surface area contributed by atoms with Crippen LogP contribution in [0.3, 0.4) is 0 Å². The fourth-order valence-corrected chi connectivity index (χ4v) is 3.76. The zero-order chi connectivity index (χ0) is 17.9. The molecule has 6 atom stereocenters. The highest BCUT2D eigenvalue weighted by molar-refractivity contribution is 5.75. The van der Waals surface area contributed by atoms with Gasteiger partial charge in [-0.15, -0.1) is 0 Å². The van der Waals surface area contributed by atoms with Crippen LogP contribution in [0, 0.1) is 11.3 Å². The minimum atomic E-state index is -1.05. The number of carbonyl (C=O) groups excluding carboxylic acids is 1. The van der Waals surface area contributed by atoms with E-state index in [-0.39, 0.29) is 18.0 Å². The molecule has 0 amide bonds. The van der Waals surface area contributed by atoms with Crippen LogP contribution in [0.4, 0.5) is 0 Å². The van der Waals surface area contributed by atoms with E-state index >= 15 is 0 Å². The van der Waals surface area contributed by atoms with Crippen LogP contribution in [0.1, 0.15) is 48.0 Å². The van der Waals surface area contributed by atoms with Crippen molar-refractivity contribution in [1.82, 2.24) is 0 Å². The fourth-order valence-electron chi connectivity index (χ4n) is 3.76. The van der Waals surface area contributed by atoms with Gasteiger partial charge in [-0.05, 0) is 34.6 Å². The lowest BCUT2D eigenvalue weighted by molar-refractivity contribution is -0.271. The van der Waals surface area contributed by atoms with Gasteiger partial charge < -0.3 is 24.1 Å². The zero-order valence-electron chi connectivity index (χ0n) is 15.2. The Morgan fingerprint density at radius 2 is 1.92 bits per heavy atom. The number of aliphatic hydroxyl groups is 1. The molecule has 0 aromatic carbocycles. The number of esters is 1. The highest BCUT2D eigenvalue weighted by atomic mass is 16.8. The normalized spacial score (nSPS) is 43.9. The number of hydrogen-bond donors (Lipinski definition) is 1. The summed E-state index contributed by atoms with van der Waals surface area (Å²) >= 11 is 0. The first-order chi connectivity index (χ1) is 11.0. The van der Waals surface area contributed by atoms with Crippen molar-refractivity contribution in [3.8, 4) is 0 Å². The first kappa shape index (κ1) is 17.9. The highest BCUT2D eigenvalue weighted by Crippen LogP contribution is 2.51. The lowest BCUT2D eigenvalue weighted by Gasteiger charge is -2.45. The predicted molar refractivity (Wildman–Crippen MR) is 85.9 cm³/mol. The molecule has 3 rings (SSSR count). The number of ether oxygens (including phenoxy) is 4. The van der Waals surface area contributed by atoms with Crippen molar-refractivity contribution in [2.24, 2.45) is 11.3 Å². The van der Waals surface area contributed by atoms with Crippen molar-refractivity contribution in [2.75, 3.05) is 0 Å². The summed E-state index contributed by atoms with van der Waals surface area (Å²) in [7, 11) is 0. The lowest BCUT2D eigenvalue weighted by atomic mass is 9.74. The Labute approximate surface area is 143 Å². The molecule has 2 saturated heterocycles. The largest absolute Gasteiger partial charge is 0.458 e. The third kappa shape index (κ3) is 2.69. The van der Waals surface area contributed by atoms with Crippen molar-refractivity contribution < 1.29 is 28.8 Å². The quantitative estimate of drug-likeness (QED) is 0.582. The summed E-state index contributed by atoms with van der Waals surface area (Å²) in [5.74, 6) is -1.23. The molecule has 0 saturated carbocycles. The summed E-state index contributed by atoms with van der Waals surface area (Å²) in [6, 6.07) is 0. The van der Waals surface area contributed by atoms with E-state index in [2.05, 4.69) is 0 Å². The standard InChI is InChI=1S/C18H28O6/c1-10-13-14(23-17(5,6)22-13)24-18(10)11(19)8-7-9-12(18)21-15(20)16(2,3)4/h7-8,10-14,19H,9H2,1-6H3/t10-,11+,12+,13-,14+,18?/m1/s1. The van der Waals surface area contributed by atoms with Crippen LogP contribution in [0.2, 0.25) is 0 Å². The van der Waals surface area contributed by atoms with Crippen LogP contribution in [-0.2, 0) is 23.7 Å². The van der Waals surface area contributed by atoms with Gasteiger partial charge >= 0.3 is 5.97 Å². The van der Waals surface area contributed by atoms with Gasteiger partial charge in [0.1, 0.15) is 23.9 Å². The summed E-state index contributed by atoms with van der Waals surface area (Å²) in [6.45, 7) is 11.0. The SMILES string of the molecule is C[C@@H]1[C@H]2OC(C)(C)O[C@H]2OC12[C@@H](OC(=O)C(C)(C)C)CC=C[C@@H]2O. The van der Waals surface area contributed by atoms with E-state index in [1.807, 2.05) is 26.8 Å². The molecule has 1 aliphatic carbocycles. The van der Waals surface area contributed by atoms with Crippen LogP contribution in [0.25, 0.3) is 0 Å². The van der Waals surface area contributed by atoms with Crippen LogP contribution in [0.15, 0.2) is 12.2 Å². The average Bonchev–Trinajstić information content (AvgIpc) is 2.87. The minimum Gasteiger partial charge on any atom is -0.458 e. The molecule has 136 valence electrons. The molecule has 0 radical (unpaired) electrons. The van der Waals surface area contributed by atoms with Gasteiger partial charge in [0, 0.05) is 12.3 Å². The molecule has 6 heteroatoms. The van der Waals surface area contributed by atoms with Gasteiger partial charge in [-0.1, -0.05) is 19.1 Å². The van der Waals surface area contributed by atoms with Gasteiger partial charge in [0.25, 0.3) is 0 Å².